The maximum atomic E-state index is 12.9. The highest BCUT2D eigenvalue weighted by Crippen LogP contribution is 2.30. The fourth-order valence-corrected chi connectivity index (χ4v) is 5.09. The molecule has 4 N–H and O–H groups in total. The Morgan fingerprint density at radius 2 is 1.76 bits per heavy atom. The van der Waals surface area contributed by atoms with E-state index in [0.29, 0.717) is 12.1 Å². The standard InChI is InChI=1S/C25H28N4O4S/c1-17-8-13-24(30)21(14-17)22-15-23(28-27-22)25(31)26-19-9-11-20(12-10-19)34(32,33)29(2)16-18-6-4-3-5-7-18/h3-14,22-23,27-28,30H,15-16H2,1-2H3,(H,26,31). The third kappa shape index (κ3) is 5.28. The number of carbonyl (C=O) groups excluding carboxylic acids is 1. The van der Waals surface area contributed by atoms with E-state index < -0.39 is 16.1 Å². The van der Waals surface area contributed by atoms with Crippen molar-refractivity contribution in [1.82, 2.24) is 15.2 Å². The molecule has 0 aromatic heterocycles. The van der Waals surface area contributed by atoms with E-state index in [1.165, 1.54) is 16.4 Å². The van der Waals surface area contributed by atoms with Gasteiger partial charge >= 0.3 is 0 Å². The number of hydrogen-bond acceptors (Lipinski definition) is 6. The molecule has 0 spiro atoms. The van der Waals surface area contributed by atoms with Crippen molar-refractivity contribution in [3.63, 3.8) is 0 Å². The van der Waals surface area contributed by atoms with Gasteiger partial charge in [0, 0.05) is 24.8 Å². The van der Waals surface area contributed by atoms with Crippen LogP contribution in [0.5, 0.6) is 5.75 Å². The Balaban J connectivity index is 1.38. The maximum Gasteiger partial charge on any atom is 0.243 e. The fourth-order valence-electron chi connectivity index (χ4n) is 3.93. The fraction of sp³-hybridized carbons (Fsp3) is 0.240. The minimum Gasteiger partial charge on any atom is -0.508 e. The molecule has 9 heteroatoms. The second kappa shape index (κ2) is 9.94. The maximum absolute atomic E-state index is 12.9. The molecule has 1 heterocycles. The second-order valence-corrected chi connectivity index (χ2v) is 10.5. The van der Waals surface area contributed by atoms with Gasteiger partial charge in [-0.2, -0.15) is 4.31 Å². The monoisotopic (exact) mass is 480 g/mol. The number of sulfonamides is 1. The predicted molar refractivity (Wildman–Crippen MR) is 130 cm³/mol. The van der Waals surface area contributed by atoms with Crippen molar-refractivity contribution >= 4 is 21.6 Å². The van der Waals surface area contributed by atoms with Crippen LogP contribution in [0.3, 0.4) is 0 Å². The lowest BCUT2D eigenvalue weighted by Crippen LogP contribution is -2.39. The second-order valence-electron chi connectivity index (χ2n) is 8.45. The number of anilines is 1. The molecule has 3 aromatic carbocycles. The summed E-state index contributed by atoms with van der Waals surface area (Å²) in [4.78, 5) is 12.9. The number of amides is 1. The molecule has 0 radical (unpaired) electrons. The van der Waals surface area contributed by atoms with Gasteiger partial charge in [-0.1, -0.05) is 48.0 Å². The van der Waals surface area contributed by atoms with E-state index in [1.807, 2.05) is 49.4 Å². The van der Waals surface area contributed by atoms with E-state index in [1.54, 1.807) is 25.2 Å². The van der Waals surface area contributed by atoms with E-state index in [9.17, 15) is 18.3 Å². The summed E-state index contributed by atoms with van der Waals surface area (Å²) in [5.74, 6) is -0.0704. The number of carbonyl (C=O) groups is 1. The van der Waals surface area contributed by atoms with E-state index >= 15 is 0 Å². The van der Waals surface area contributed by atoms with Crippen molar-refractivity contribution in [3.8, 4) is 5.75 Å². The molecule has 178 valence electrons. The van der Waals surface area contributed by atoms with Gasteiger partial charge in [-0.3, -0.25) is 4.79 Å². The first-order valence-electron chi connectivity index (χ1n) is 11.0. The molecule has 1 saturated heterocycles. The lowest BCUT2D eigenvalue weighted by Gasteiger charge is -2.18. The van der Waals surface area contributed by atoms with Crippen LogP contribution >= 0.6 is 0 Å². The summed E-state index contributed by atoms with van der Waals surface area (Å²) in [6, 6.07) is 20.2. The zero-order chi connectivity index (χ0) is 24.3. The van der Waals surface area contributed by atoms with E-state index in [2.05, 4.69) is 16.2 Å². The van der Waals surface area contributed by atoms with Gasteiger partial charge in [-0.15, -0.1) is 0 Å². The molecule has 0 aliphatic carbocycles. The first-order valence-corrected chi connectivity index (χ1v) is 12.4. The molecular formula is C25H28N4O4S. The van der Waals surface area contributed by atoms with Crippen LogP contribution < -0.4 is 16.2 Å². The molecule has 1 aliphatic rings. The Morgan fingerprint density at radius 1 is 1.06 bits per heavy atom. The normalized spacial score (nSPS) is 18.2. The lowest BCUT2D eigenvalue weighted by atomic mass is 9.99. The number of hydrazine groups is 1. The molecule has 1 aliphatic heterocycles. The number of benzene rings is 3. The van der Waals surface area contributed by atoms with Crippen LogP contribution in [0.4, 0.5) is 5.69 Å². The van der Waals surface area contributed by atoms with E-state index in [0.717, 1.165) is 16.7 Å². The minimum absolute atomic E-state index is 0.152. The average molecular weight is 481 g/mol. The van der Waals surface area contributed by atoms with Gasteiger partial charge < -0.3 is 10.4 Å². The van der Waals surface area contributed by atoms with Crippen LogP contribution in [0.2, 0.25) is 0 Å². The van der Waals surface area contributed by atoms with Crippen molar-refractivity contribution in [2.24, 2.45) is 0 Å². The third-order valence-corrected chi connectivity index (χ3v) is 7.67. The van der Waals surface area contributed by atoms with Crippen LogP contribution in [0.15, 0.2) is 77.7 Å². The Labute approximate surface area is 199 Å². The van der Waals surface area contributed by atoms with Gasteiger partial charge in [0.15, 0.2) is 0 Å². The Bertz CT molecular complexity index is 1260. The van der Waals surface area contributed by atoms with Crippen molar-refractivity contribution in [2.75, 3.05) is 12.4 Å². The molecule has 0 saturated carbocycles. The summed E-state index contributed by atoms with van der Waals surface area (Å²) < 4.78 is 27.1. The molecule has 34 heavy (non-hydrogen) atoms. The number of phenolic OH excluding ortho intramolecular Hbond substituents is 1. The van der Waals surface area contributed by atoms with Crippen LogP contribution in [-0.2, 0) is 21.4 Å². The van der Waals surface area contributed by atoms with Crippen LogP contribution in [0.1, 0.15) is 29.2 Å². The Kier molecular flexibility index (Phi) is 6.99. The van der Waals surface area contributed by atoms with Crippen LogP contribution in [0, 0.1) is 6.92 Å². The lowest BCUT2D eigenvalue weighted by molar-refractivity contribution is -0.117. The smallest absolute Gasteiger partial charge is 0.243 e. The zero-order valence-electron chi connectivity index (χ0n) is 19.0. The van der Waals surface area contributed by atoms with Crippen molar-refractivity contribution in [3.05, 3.63) is 89.5 Å². The predicted octanol–water partition coefficient (Wildman–Crippen LogP) is 3.07. The highest BCUT2D eigenvalue weighted by Gasteiger charge is 2.31. The largest absolute Gasteiger partial charge is 0.508 e. The number of hydrogen-bond donors (Lipinski definition) is 4. The molecular weight excluding hydrogens is 452 g/mol. The first-order chi connectivity index (χ1) is 16.2. The van der Waals surface area contributed by atoms with Crippen molar-refractivity contribution in [1.29, 1.82) is 0 Å². The quantitative estimate of drug-likeness (QED) is 0.414. The number of aryl methyl sites for hydroxylation is 1. The molecule has 2 atom stereocenters. The summed E-state index contributed by atoms with van der Waals surface area (Å²) in [6.45, 7) is 2.21. The SMILES string of the molecule is Cc1ccc(O)c(C2CC(C(=O)Nc3ccc(S(=O)(=O)N(C)Cc4ccccc4)cc3)NN2)c1. The Hall–Kier alpha value is -3.24. The summed E-state index contributed by atoms with van der Waals surface area (Å²) >= 11 is 0. The number of nitrogens with zero attached hydrogens (tertiary/aromatic N) is 1. The summed E-state index contributed by atoms with van der Waals surface area (Å²) in [7, 11) is -2.13. The summed E-state index contributed by atoms with van der Waals surface area (Å²) in [5, 5.41) is 13.0. The van der Waals surface area contributed by atoms with E-state index in [4.69, 9.17) is 0 Å². The number of phenols is 1. The topological polar surface area (TPSA) is 111 Å². The van der Waals surface area contributed by atoms with Crippen molar-refractivity contribution in [2.45, 2.75) is 36.9 Å². The number of rotatable bonds is 7. The Morgan fingerprint density at radius 3 is 2.47 bits per heavy atom. The van der Waals surface area contributed by atoms with Crippen molar-refractivity contribution < 1.29 is 18.3 Å². The van der Waals surface area contributed by atoms with Crippen LogP contribution in [0.25, 0.3) is 0 Å². The van der Waals surface area contributed by atoms with Gasteiger partial charge in [0.25, 0.3) is 0 Å². The summed E-state index contributed by atoms with van der Waals surface area (Å²) in [5.41, 5.74) is 9.18. The molecule has 0 bridgehead atoms. The van der Waals surface area contributed by atoms with E-state index in [-0.39, 0.29) is 29.1 Å². The van der Waals surface area contributed by atoms with Gasteiger partial charge in [0.05, 0.1) is 10.9 Å². The van der Waals surface area contributed by atoms with Gasteiger partial charge in [-0.25, -0.2) is 19.3 Å². The molecule has 1 amide bonds. The average Bonchev–Trinajstić information content (AvgIpc) is 3.32. The van der Waals surface area contributed by atoms with Crippen LogP contribution in [-0.4, -0.2) is 36.8 Å². The number of aromatic hydroxyl groups is 1. The molecule has 8 nitrogen and oxygen atoms in total. The molecule has 2 unspecified atom stereocenters. The van der Waals surface area contributed by atoms with Gasteiger partial charge in [-0.05, 0) is 49.2 Å². The van der Waals surface area contributed by atoms with Gasteiger partial charge in [0.1, 0.15) is 11.8 Å². The highest BCUT2D eigenvalue weighted by molar-refractivity contribution is 7.89. The zero-order valence-corrected chi connectivity index (χ0v) is 19.8. The number of nitrogens with one attached hydrogen (secondary N) is 3. The molecule has 4 rings (SSSR count). The molecule has 1 fully saturated rings. The van der Waals surface area contributed by atoms with Gasteiger partial charge in [0.2, 0.25) is 15.9 Å². The first kappa shape index (κ1) is 23.9. The minimum atomic E-state index is -3.67. The highest BCUT2D eigenvalue weighted by atomic mass is 32.2. The molecule has 3 aromatic rings. The third-order valence-electron chi connectivity index (χ3n) is 5.86. The summed E-state index contributed by atoms with van der Waals surface area (Å²) in [6.07, 6.45) is 0.458.